The quantitative estimate of drug-likeness (QED) is 0.261. The molecule has 11 unspecified atom stereocenters. The zero-order valence-corrected chi connectivity index (χ0v) is 37.6. The van der Waals surface area contributed by atoms with Crippen molar-refractivity contribution in [3.8, 4) is 0 Å². The Balaban J connectivity index is 1.03. The molecule has 0 amide bonds. The molecule has 2 heterocycles. The fourth-order valence-electron chi connectivity index (χ4n) is 15.5. The Morgan fingerprint density at radius 3 is 2.28 bits per heavy atom. The van der Waals surface area contributed by atoms with Crippen molar-refractivity contribution in [2.45, 2.75) is 114 Å². The zero-order valence-electron chi connectivity index (χ0n) is 37.6. The molecule has 9 aliphatic carbocycles. The average Bonchev–Trinajstić information content (AvgIpc) is 3.38. The Bertz CT molecular complexity index is 2500. The molecule has 3 fully saturated rings. The van der Waals surface area contributed by atoms with Crippen LogP contribution in [0.5, 0.6) is 0 Å². The van der Waals surface area contributed by atoms with Crippen molar-refractivity contribution in [1.82, 2.24) is 15.0 Å². The second-order valence-electron chi connectivity index (χ2n) is 20.7. The molecule has 64 heavy (non-hydrogen) atoms. The lowest BCUT2D eigenvalue weighted by atomic mass is 9.44. The van der Waals surface area contributed by atoms with E-state index >= 15 is 0 Å². The van der Waals surface area contributed by atoms with Crippen LogP contribution in [0.25, 0.3) is 11.1 Å². The molecule has 4 nitrogen and oxygen atoms in total. The largest absolute Gasteiger partial charge is 0.489 e. The second kappa shape index (κ2) is 17.0. The lowest BCUT2D eigenvalue weighted by Crippen LogP contribution is -2.57. The van der Waals surface area contributed by atoms with Gasteiger partial charge in [0.15, 0.2) is 11.6 Å². The predicted molar refractivity (Wildman–Crippen MR) is 260 cm³/mol. The van der Waals surface area contributed by atoms with Crippen molar-refractivity contribution in [2.75, 3.05) is 0 Å². The summed E-state index contributed by atoms with van der Waals surface area (Å²) in [6.07, 6.45) is 65.5. The lowest BCUT2D eigenvalue weighted by molar-refractivity contribution is -0.125. The molecule has 0 spiro atoms. The molecule has 326 valence electrons. The Hall–Kier alpha value is -5.09. The van der Waals surface area contributed by atoms with Gasteiger partial charge in [-0.25, -0.2) is 15.0 Å². The summed E-state index contributed by atoms with van der Waals surface area (Å²) in [5.74, 6) is 7.21. The first kappa shape index (κ1) is 40.4. The molecule has 11 atom stereocenters. The van der Waals surface area contributed by atoms with Gasteiger partial charge in [-0.05, 0) is 130 Å². The van der Waals surface area contributed by atoms with Crippen LogP contribution in [0.1, 0.15) is 125 Å². The molecule has 1 aromatic heterocycles. The van der Waals surface area contributed by atoms with Gasteiger partial charge in [0.2, 0.25) is 0 Å². The molecule has 10 aliphatic rings. The van der Waals surface area contributed by atoms with Crippen molar-refractivity contribution in [1.29, 1.82) is 0 Å². The van der Waals surface area contributed by atoms with E-state index in [4.69, 9.17) is 19.7 Å². The van der Waals surface area contributed by atoms with Gasteiger partial charge in [-0.15, -0.1) is 0 Å². The van der Waals surface area contributed by atoms with Gasteiger partial charge in [-0.1, -0.05) is 171 Å². The van der Waals surface area contributed by atoms with Crippen LogP contribution in [0, 0.1) is 52.8 Å². The zero-order chi connectivity index (χ0) is 42.5. The molecular formula is C60H65N3O. The molecule has 0 bridgehead atoms. The van der Waals surface area contributed by atoms with Gasteiger partial charge < -0.3 is 4.74 Å². The third-order valence-electron chi connectivity index (χ3n) is 17.9. The molecule has 2 saturated carbocycles. The smallest absolute Gasteiger partial charge is 0.167 e. The topological polar surface area (TPSA) is 47.9 Å². The number of ether oxygens (including phenoxy) is 1. The highest BCUT2D eigenvalue weighted by atomic mass is 16.5. The van der Waals surface area contributed by atoms with E-state index in [0.717, 1.165) is 73.8 Å². The number of hydrogen-bond donors (Lipinski definition) is 0. The first-order valence-electron chi connectivity index (χ1n) is 25.4. The molecule has 0 radical (unpaired) electrons. The van der Waals surface area contributed by atoms with E-state index in [-0.39, 0.29) is 28.8 Å². The summed E-state index contributed by atoms with van der Waals surface area (Å²) in [5, 5.41) is 0. The molecule has 0 N–H and O–H groups in total. The maximum Gasteiger partial charge on any atom is 0.167 e. The number of allylic oxidation sites excluding steroid dienone is 22. The number of rotatable bonds is 7. The molecule has 1 aliphatic heterocycles. The van der Waals surface area contributed by atoms with E-state index in [1.807, 2.05) is 0 Å². The normalized spacial score (nSPS) is 37.3. The summed E-state index contributed by atoms with van der Waals surface area (Å²) in [6, 6.07) is 11.7. The Morgan fingerprint density at radius 2 is 1.44 bits per heavy atom. The van der Waals surface area contributed by atoms with E-state index < -0.39 is 0 Å². The van der Waals surface area contributed by atoms with Crippen LogP contribution in [0.15, 0.2) is 163 Å². The predicted octanol–water partition coefficient (Wildman–Crippen LogP) is 14.2. The molecule has 1 saturated heterocycles. The highest BCUT2D eigenvalue weighted by molar-refractivity contribution is 5.75. The monoisotopic (exact) mass is 844 g/mol. The summed E-state index contributed by atoms with van der Waals surface area (Å²) < 4.78 is 7.45. The van der Waals surface area contributed by atoms with E-state index in [1.165, 1.54) is 62.5 Å². The van der Waals surface area contributed by atoms with Gasteiger partial charge >= 0.3 is 0 Å². The summed E-state index contributed by atoms with van der Waals surface area (Å²) in [4.78, 5) is 16.9. The van der Waals surface area contributed by atoms with Crippen molar-refractivity contribution in [3.05, 3.63) is 186 Å². The van der Waals surface area contributed by atoms with E-state index in [2.05, 4.69) is 152 Å². The van der Waals surface area contributed by atoms with E-state index in [0.29, 0.717) is 41.4 Å². The number of hydrogen-bond acceptors (Lipinski definition) is 4. The first-order valence-corrected chi connectivity index (χ1v) is 25.4. The summed E-state index contributed by atoms with van der Waals surface area (Å²) >= 11 is 0. The van der Waals surface area contributed by atoms with Gasteiger partial charge in [0.25, 0.3) is 0 Å². The standard InChI is InChI=1S/C60H65N3O/c1-6-22-41(23-7-1)56-61-57(47-33-20-37-51-49(47)40-42-24-16-17-35-50(42)59(51,43-25-8-2-9-26-43)44-27-10-3-11-28-44)63-58(62-56)48-34-21-38-53-55(48)64-54-39-19-18-36-52(54)60(53,45-29-12-4-13-30-45)46-31-14-5-15-32-46/h1-2,4,6,8-10,12-13,16-22,24-27,29,34,36-37,39,44-47,49-54H,3,5,7,11,14-15,23,28,30-33,35,38,40H2. The Labute approximate surface area is 382 Å². The minimum Gasteiger partial charge on any atom is -0.489 e. The highest BCUT2D eigenvalue weighted by Crippen LogP contribution is 2.66. The third kappa shape index (κ3) is 6.54. The average molecular weight is 844 g/mol. The van der Waals surface area contributed by atoms with Gasteiger partial charge in [0.05, 0.1) is 5.57 Å². The SMILES string of the molecule is C1=CCCC(c2nc(C3=C4OC5C=CC=CC5C(C5C=CC=CC5)(C5CCCCC5)C4CC=C3)nc(C3CC=CC4C3CC3=CC=CCC3C4(c3ccccc3)C3C=CCCC3)n2)=C1. The van der Waals surface area contributed by atoms with Crippen LogP contribution in [-0.4, -0.2) is 21.1 Å². The Kier molecular flexibility index (Phi) is 10.8. The van der Waals surface area contributed by atoms with Crippen LogP contribution in [-0.2, 0) is 10.2 Å². The van der Waals surface area contributed by atoms with Gasteiger partial charge in [0, 0.05) is 28.6 Å². The van der Waals surface area contributed by atoms with Crippen LogP contribution in [0.3, 0.4) is 0 Å². The van der Waals surface area contributed by atoms with Crippen molar-refractivity contribution < 1.29 is 4.74 Å². The van der Waals surface area contributed by atoms with Crippen molar-refractivity contribution >= 4 is 11.1 Å². The van der Waals surface area contributed by atoms with Gasteiger partial charge in [0.1, 0.15) is 17.7 Å². The number of benzene rings is 1. The summed E-state index contributed by atoms with van der Waals surface area (Å²) in [5.41, 5.74) is 5.41. The number of aromatic nitrogens is 3. The molecule has 2 aromatic rings. The highest BCUT2D eigenvalue weighted by Gasteiger charge is 2.62. The molecule has 1 aromatic carbocycles. The molecular weight excluding hydrogens is 779 g/mol. The molecule has 12 rings (SSSR count). The second-order valence-corrected chi connectivity index (χ2v) is 20.7. The van der Waals surface area contributed by atoms with Crippen LogP contribution in [0.4, 0.5) is 0 Å². The number of nitrogens with zero attached hydrogens (tertiary/aromatic N) is 3. The van der Waals surface area contributed by atoms with Gasteiger partial charge in [-0.2, -0.15) is 0 Å². The van der Waals surface area contributed by atoms with Crippen molar-refractivity contribution in [2.24, 2.45) is 52.8 Å². The van der Waals surface area contributed by atoms with Gasteiger partial charge in [-0.3, -0.25) is 0 Å². The lowest BCUT2D eigenvalue weighted by Gasteiger charge is -2.61. The fraction of sp³-hybridized carbons (Fsp3) is 0.450. The maximum atomic E-state index is 7.45. The molecule has 4 heteroatoms. The third-order valence-corrected chi connectivity index (χ3v) is 17.9. The van der Waals surface area contributed by atoms with Crippen LogP contribution < -0.4 is 0 Å². The summed E-state index contributed by atoms with van der Waals surface area (Å²) in [6.45, 7) is 0. The minimum atomic E-state index is -0.0498. The number of fused-ring (bicyclic) bond motifs is 4. The summed E-state index contributed by atoms with van der Waals surface area (Å²) in [7, 11) is 0. The van der Waals surface area contributed by atoms with E-state index in [1.54, 1.807) is 5.57 Å². The Morgan fingerprint density at radius 1 is 0.594 bits per heavy atom. The van der Waals surface area contributed by atoms with E-state index in [9.17, 15) is 0 Å². The van der Waals surface area contributed by atoms with Crippen LogP contribution >= 0.6 is 0 Å². The minimum absolute atomic E-state index is 0.0110. The van der Waals surface area contributed by atoms with Crippen LogP contribution in [0.2, 0.25) is 0 Å². The maximum absolute atomic E-state index is 7.45. The van der Waals surface area contributed by atoms with Crippen molar-refractivity contribution in [3.63, 3.8) is 0 Å². The first-order chi connectivity index (χ1) is 31.7. The fourth-order valence-corrected chi connectivity index (χ4v) is 15.5.